The van der Waals surface area contributed by atoms with E-state index in [1.807, 2.05) is 18.2 Å². The van der Waals surface area contributed by atoms with E-state index in [1.165, 1.54) is 0 Å². The van der Waals surface area contributed by atoms with Crippen LogP contribution in [-0.2, 0) is 11.3 Å². The number of amidine groups is 1. The van der Waals surface area contributed by atoms with E-state index >= 15 is 0 Å². The molecule has 0 amide bonds. The molecule has 0 aliphatic carbocycles. The molecule has 2 heterocycles. The summed E-state index contributed by atoms with van der Waals surface area (Å²) >= 11 is 0. The normalized spacial score (nSPS) is 21.0. The van der Waals surface area contributed by atoms with Crippen LogP contribution in [0.4, 0.5) is 0 Å². The van der Waals surface area contributed by atoms with Crippen molar-refractivity contribution in [3.63, 3.8) is 0 Å². The summed E-state index contributed by atoms with van der Waals surface area (Å²) in [7, 11) is 0. The molecule has 0 aromatic heterocycles. The molecule has 1 aromatic rings. The van der Waals surface area contributed by atoms with Gasteiger partial charge in [-0.05, 0) is 6.07 Å². The van der Waals surface area contributed by atoms with Gasteiger partial charge in [-0.15, -0.1) is 0 Å². The second-order valence-corrected chi connectivity index (χ2v) is 3.62. The van der Waals surface area contributed by atoms with Crippen LogP contribution in [0.2, 0.25) is 0 Å². The zero-order valence-electron chi connectivity index (χ0n) is 8.42. The Morgan fingerprint density at radius 1 is 1.31 bits per heavy atom. The molecule has 3 rings (SSSR count). The molecule has 1 atom stereocenters. The predicted molar refractivity (Wildman–Crippen MR) is 55.9 cm³/mol. The Kier molecular flexibility index (Phi) is 2.02. The van der Waals surface area contributed by atoms with Crippen LogP contribution in [0.25, 0.3) is 5.76 Å². The lowest BCUT2D eigenvalue weighted by molar-refractivity contribution is 0.111. The molecule has 5 nitrogen and oxygen atoms in total. The number of para-hydroxylation sites is 1. The molecule has 82 valence electrons. The summed E-state index contributed by atoms with van der Waals surface area (Å²) in [4.78, 5) is 8.42. The van der Waals surface area contributed by atoms with E-state index in [0.717, 1.165) is 16.1 Å². The number of fused-ring (bicyclic) bond motifs is 2. The molecular formula is C11H10N2O3. The first kappa shape index (κ1) is 9.50. The maximum Gasteiger partial charge on any atom is 0.215 e. The first-order valence-electron chi connectivity index (χ1n) is 5.01. The van der Waals surface area contributed by atoms with E-state index in [4.69, 9.17) is 9.84 Å². The molecule has 0 fully saturated rings. The number of ether oxygens (including phenoxy) is 1. The van der Waals surface area contributed by atoms with Crippen molar-refractivity contribution in [2.24, 2.45) is 9.98 Å². The van der Waals surface area contributed by atoms with E-state index in [9.17, 15) is 5.11 Å². The summed E-state index contributed by atoms with van der Waals surface area (Å²) in [6.45, 7) is -0.214. The minimum Gasteiger partial charge on any atom is -0.462 e. The molecule has 0 radical (unpaired) electrons. The first-order chi connectivity index (χ1) is 7.83. The number of aliphatic hydroxyl groups is 2. The standard InChI is InChI=1S/C11H10N2O3/c14-4-6-2-1-3-7-9(6)13-11-10(7)16-8(5-15)12-11/h1-3,8,14-15H,4-5H2. The highest BCUT2D eigenvalue weighted by atomic mass is 16.5. The number of aliphatic hydroxyl groups excluding tert-OH is 2. The second-order valence-electron chi connectivity index (χ2n) is 3.62. The van der Waals surface area contributed by atoms with Crippen LogP contribution in [0.5, 0.6) is 0 Å². The summed E-state index contributed by atoms with van der Waals surface area (Å²) < 4.78 is 5.45. The Hall–Kier alpha value is -1.72. The molecule has 0 bridgehead atoms. The lowest BCUT2D eigenvalue weighted by atomic mass is 10.2. The van der Waals surface area contributed by atoms with Gasteiger partial charge in [0.2, 0.25) is 6.23 Å². The Morgan fingerprint density at radius 3 is 2.94 bits per heavy atom. The molecule has 0 spiro atoms. The zero-order valence-corrected chi connectivity index (χ0v) is 8.42. The van der Waals surface area contributed by atoms with Gasteiger partial charge in [0.15, 0.2) is 11.6 Å². The summed E-state index contributed by atoms with van der Waals surface area (Å²) in [6.07, 6.45) is -0.542. The number of nitrogens with zero attached hydrogens (tertiary/aromatic N) is 2. The largest absolute Gasteiger partial charge is 0.462 e. The van der Waals surface area contributed by atoms with Gasteiger partial charge in [0.05, 0.1) is 12.0 Å². The van der Waals surface area contributed by atoms with Crippen molar-refractivity contribution in [1.82, 2.24) is 0 Å². The summed E-state index contributed by atoms with van der Waals surface area (Å²) in [6, 6.07) is 5.52. The third-order valence-corrected chi connectivity index (χ3v) is 2.63. The van der Waals surface area contributed by atoms with Crippen LogP contribution in [0.1, 0.15) is 5.56 Å². The number of benzene rings is 1. The van der Waals surface area contributed by atoms with Gasteiger partial charge in [-0.1, -0.05) is 12.1 Å². The molecule has 16 heavy (non-hydrogen) atoms. The monoisotopic (exact) mass is 218 g/mol. The minimum absolute atomic E-state index is 0.0589. The van der Waals surface area contributed by atoms with Crippen LogP contribution in [0.15, 0.2) is 28.2 Å². The van der Waals surface area contributed by atoms with Gasteiger partial charge >= 0.3 is 0 Å². The molecule has 2 N–H and O–H groups in total. The van der Waals surface area contributed by atoms with Crippen LogP contribution in [0.3, 0.4) is 0 Å². The van der Waals surface area contributed by atoms with E-state index in [2.05, 4.69) is 9.98 Å². The Balaban J connectivity index is 2.25. The predicted octanol–water partition coefficient (Wildman–Crippen LogP) is -1.33. The fourth-order valence-corrected chi connectivity index (χ4v) is 1.89. The fourth-order valence-electron chi connectivity index (χ4n) is 1.89. The highest BCUT2D eigenvalue weighted by Crippen LogP contribution is 2.18. The van der Waals surface area contributed by atoms with Crippen molar-refractivity contribution < 1.29 is 14.9 Å². The van der Waals surface area contributed by atoms with Crippen LogP contribution in [-0.4, -0.2) is 28.9 Å². The molecule has 0 saturated carbocycles. The van der Waals surface area contributed by atoms with Crippen molar-refractivity contribution >= 4 is 11.6 Å². The summed E-state index contributed by atoms with van der Waals surface area (Å²) in [5.74, 6) is 1.11. The van der Waals surface area contributed by atoms with Crippen molar-refractivity contribution in [2.75, 3.05) is 6.61 Å². The number of aliphatic imine (C=N–C) groups is 1. The SMILES string of the molecule is OCc1cccc2c1=NC1=NC(CO)OC=21. The van der Waals surface area contributed by atoms with Gasteiger partial charge in [0, 0.05) is 10.8 Å². The topological polar surface area (TPSA) is 74.4 Å². The minimum atomic E-state index is -0.542. The van der Waals surface area contributed by atoms with Crippen molar-refractivity contribution in [3.05, 3.63) is 34.3 Å². The molecule has 5 heteroatoms. The maximum absolute atomic E-state index is 9.17. The highest BCUT2D eigenvalue weighted by Gasteiger charge is 2.27. The molecule has 1 aromatic carbocycles. The van der Waals surface area contributed by atoms with Gasteiger partial charge in [0.25, 0.3) is 0 Å². The summed E-state index contributed by atoms with van der Waals surface area (Å²) in [5.41, 5.74) is 0.756. The third-order valence-electron chi connectivity index (χ3n) is 2.63. The molecule has 2 aliphatic heterocycles. The fraction of sp³-hybridized carbons (Fsp3) is 0.273. The van der Waals surface area contributed by atoms with Crippen molar-refractivity contribution in [3.8, 4) is 0 Å². The summed E-state index contributed by atoms with van der Waals surface area (Å²) in [5, 5.41) is 19.7. The quantitative estimate of drug-likeness (QED) is 0.645. The average molecular weight is 218 g/mol. The Labute approximate surface area is 91.0 Å². The smallest absolute Gasteiger partial charge is 0.215 e. The highest BCUT2D eigenvalue weighted by molar-refractivity contribution is 6.17. The first-order valence-corrected chi connectivity index (χ1v) is 5.01. The van der Waals surface area contributed by atoms with E-state index < -0.39 is 6.23 Å². The lowest BCUT2D eigenvalue weighted by Gasteiger charge is -2.03. The van der Waals surface area contributed by atoms with Crippen LogP contribution in [0, 0.1) is 0 Å². The van der Waals surface area contributed by atoms with E-state index in [-0.39, 0.29) is 13.2 Å². The van der Waals surface area contributed by atoms with Crippen LogP contribution < -0.4 is 10.6 Å². The zero-order chi connectivity index (χ0) is 11.1. The Bertz CT molecular complexity index is 592. The van der Waals surface area contributed by atoms with Crippen molar-refractivity contribution in [1.29, 1.82) is 0 Å². The molecule has 1 unspecified atom stereocenters. The lowest BCUT2D eigenvalue weighted by Crippen LogP contribution is -2.28. The second kappa shape index (κ2) is 3.40. The molecule has 2 aliphatic rings. The Morgan fingerprint density at radius 2 is 2.19 bits per heavy atom. The molecular weight excluding hydrogens is 208 g/mol. The third kappa shape index (κ3) is 1.19. The van der Waals surface area contributed by atoms with Gasteiger partial charge in [0.1, 0.15) is 6.61 Å². The maximum atomic E-state index is 9.17. The van der Waals surface area contributed by atoms with E-state index in [0.29, 0.717) is 11.6 Å². The number of hydrogen-bond donors (Lipinski definition) is 2. The van der Waals surface area contributed by atoms with Crippen molar-refractivity contribution in [2.45, 2.75) is 12.8 Å². The van der Waals surface area contributed by atoms with Crippen LogP contribution >= 0.6 is 0 Å². The van der Waals surface area contributed by atoms with Gasteiger partial charge < -0.3 is 14.9 Å². The van der Waals surface area contributed by atoms with Gasteiger partial charge in [-0.3, -0.25) is 0 Å². The number of rotatable bonds is 2. The average Bonchev–Trinajstić information content (AvgIpc) is 2.85. The van der Waals surface area contributed by atoms with Gasteiger partial charge in [-0.2, -0.15) is 0 Å². The number of hydrogen-bond acceptors (Lipinski definition) is 5. The molecule has 0 saturated heterocycles. The van der Waals surface area contributed by atoms with Gasteiger partial charge in [-0.25, -0.2) is 9.98 Å². The van der Waals surface area contributed by atoms with E-state index in [1.54, 1.807) is 0 Å².